The average molecular weight is 236 g/mol. The Kier molecular flexibility index (Phi) is 2.43. The van der Waals surface area contributed by atoms with Gasteiger partial charge in [0.1, 0.15) is 5.84 Å². The maximum atomic E-state index is 9.03. The molecule has 4 aliphatic rings. The molecule has 4 rings (SSSR count). The van der Waals surface area contributed by atoms with Crippen LogP contribution in [0.3, 0.4) is 0 Å². The number of nitrogens with two attached hydrogens (primary N) is 1. The van der Waals surface area contributed by atoms with Crippen LogP contribution in [0, 0.1) is 35.0 Å². The van der Waals surface area contributed by atoms with Crippen molar-refractivity contribution in [2.24, 2.45) is 45.9 Å². The minimum atomic E-state index is 0.0522. The van der Waals surface area contributed by atoms with Gasteiger partial charge in [-0.3, -0.25) is 0 Å². The van der Waals surface area contributed by atoms with Crippen molar-refractivity contribution in [3.8, 4) is 0 Å². The van der Waals surface area contributed by atoms with Gasteiger partial charge < -0.3 is 10.9 Å². The highest BCUT2D eigenvalue weighted by atomic mass is 16.4. The lowest BCUT2D eigenvalue weighted by molar-refractivity contribution is -0.0801. The van der Waals surface area contributed by atoms with Gasteiger partial charge in [0.05, 0.1) is 0 Å². The number of amidine groups is 1. The summed E-state index contributed by atoms with van der Waals surface area (Å²) in [6.45, 7) is 4.73. The van der Waals surface area contributed by atoms with E-state index in [1.165, 1.54) is 32.1 Å². The third-order valence-electron chi connectivity index (χ3n) is 5.77. The Balaban J connectivity index is 1.92. The highest BCUT2D eigenvalue weighted by Gasteiger charge is 2.57. The van der Waals surface area contributed by atoms with Gasteiger partial charge in [0, 0.05) is 5.41 Å². The van der Waals surface area contributed by atoms with Crippen LogP contribution in [0.4, 0.5) is 0 Å². The zero-order chi connectivity index (χ0) is 12.2. The van der Waals surface area contributed by atoms with Gasteiger partial charge in [0.2, 0.25) is 0 Å². The molecule has 4 aliphatic carbocycles. The van der Waals surface area contributed by atoms with Gasteiger partial charge in [-0.25, -0.2) is 0 Å². The van der Waals surface area contributed by atoms with E-state index < -0.39 is 0 Å². The normalized spacial score (nSPS) is 49.0. The fourth-order valence-electron chi connectivity index (χ4n) is 5.57. The van der Waals surface area contributed by atoms with Crippen LogP contribution < -0.4 is 5.73 Å². The molecule has 3 N–H and O–H groups in total. The van der Waals surface area contributed by atoms with Crippen molar-refractivity contribution in [1.82, 2.24) is 0 Å². The number of nitrogens with zero attached hydrogens (tertiary/aromatic N) is 1. The second-order valence-corrected chi connectivity index (χ2v) is 7.06. The summed E-state index contributed by atoms with van der Waals surface area (Å²) in [4.78, 5) is 0. The van der Waals surface area contributed by atoms with Crippen LogP contribution in [0.2, 0.25) is 0 Å². The molecule has 17 heavy (non-hydrogen) atoms. The summed E-state index contributed by atoms with van der Waals surface area (Å²) in [5.41, 5.74) is 6.05. The molecule has 96 valence electrons. The molecule has 4 fully saturated rings. The Morgan fingerprint density at radius 2 is 1.82 bits per heavy atom. The van der Waals surface area contributed by atoms with Crippen LogP contribution in [-0.4, -0.2) is 11.0 Å². The second kappa shape index (κ2) is 3.63. The van der Waals surface area contributed by atoms with Gasteiger partial charge >= 0.3 is 0 Å². The van der Waals surface area contributed by atoms with E-state index >= 15 is 0 Å². The van der Waals surface area contributed by atoms with Gasteiger partial charge in [-0.15, -0.1) is 0 Å². The Morgan fingerprint density at radius 1 is 1.24 bits per heavy atom. The van der Waals surface area contributed by atoms with Gasteiger partial charge in [-0.05, 0) is 61.7 Å². The molecule has 4 saturated carbocycles. The fraction of sp³-hybridized carbons (Fsp3) is 0.929. The summed E-state index contributed by atoms with van der Waals surface area (Å²) in [5.74, 6) is 4.66. The summed E-state index contributed by atoms with van der Waals surface area (Å²) < 4.78 is 0. The van der Waals surface area contributed by atoms with Crippen LogP contribution in [0.15, 0.2) is 5.16 Å². The van der Waals surface area contributed by atoms with E-state index in [-0.39, 0.29) is 5.41 Å². The summed E-state index contributed by atoms with van der Waals surface area (Å²) >= 11 is 0. The highest BCUT2D eigenvalue weighted by Crippen LogP contribution is 2.63. The molecular formula is C14H24N2O. The Hall–Kier alpha value is -0.730. The first kappa shape index (κ1) is 11.4. The van der Waals surface area contributed by atoms with E-state index in [2.05, 4.69) is 19.0 Å². The van der Waals surface area contributed by atoms with E-state index in [1.807, 2.05) is 0 Å². The van der Waals surface area contributed by atoms with Crippen molar-refractivity contribution in [2.45, 2.75) is 46.0 Å². The molecule has 0 amide bonds. The lowest BCUT2D eigenvalue weighted by Gasteiger charge is -2.60. The van der Waals surface area contributed by atoms with Gasteiger partial charge in [0.25, 0.3) is 0 Å². The molecule has 4 bridgehead atoms. The molecule has 0 aliphatic heterocycles. The quantitative estimate of drug-likeness (QED) is 0.335. The molecule has 2 atom stereocenters. The molecule has 0 aromatic rings. The summed E-state index contributed by atoms with van der Waals surface area (Å²) in [5, 5.41) is 12.4. The number of rotatable bonds is 2. The van der Waals surface area contributed by atoms with Gasteiger partial charge in [-0.1, -0.05) is 19.0 Å². The predicted octanol–water partition coefficient (Wildman–Crippen LogP) is 2.83. The molecule has 2 unspecified atom stereocenters. The Labute approximate surface area is 103 Å². The monoisotopic (exact) mass is 236 g/mol. The topological polar surface area (TPSA) is 58.6 Å². The zero-order valence-corrected chi connectivity index (χ0v) is 10.9. The average Bonchev–Trinajstić information content (AvgIpc) is 2.25. The van der Waals surface area contributed by atoms with E-state index in [4.69, 9.17) is 10.9 Å². The molecule has 0 saturated heterocycles. The SMILES string of the molecule is CC(C)C1C2CC3CC1CC(/C(N)=N/O)(C3)C2. The van der Waals surface area contributed by atoms with Crippen molar-refractivity contribution >= 4 is 5.84 Å². The Morgan fingerprint density at radius 3 is 2.29 bits per heavy atom. The minimum Gasteiger partial charge on any atom is -0.409 e. The maximum Gasteiger partial charge on any atom is 0.145 e. The van der Waals surface area contributed by atoms with Crippen molar-refractivity contribution in [3.05, 3.63) is 0 Å². The first-order chi connectivity index (χ1) is 8.05. The van der Waals surface area contributed by atoms with Crippen molar-refractivity contribution in [1.29, 1.82) is 0 Å². The molecule has 3 nitrogen and oxygen atoms in total. The highest BCUT2D eigenvalue weighted by molar-refractivity contribution is 5.86. The molecular weight excluding hydrogens is 212 g/mol. The summed E-state index contributed by atoms with van der Waals surface area (Å²) in [6.07, 6.45) is 6.28. The van der Waals surface area contributed by atoms with Crippen LogP contribution >= 0.6 is 0 Å². The number of hydrogen-bond donors (Lipinski definition) is 2. The van der Waals surface area contributed by atoms with Crippen molar-refractivity contribution in [2.75, 3.05) is 0 Å². The standard InChI is InChI=1S/C14H24N2O/c1-8(2)12-10-3-9-4-11(12)7-14(5-9,6-10)13(15)16-17/h8-12,17H,3-7H2,1-2H3,(H2,15,16). The lowest BCUT2D eigenvalue weighted by Crippen LogP contribution is -2.56. The fourth-order valence-corrected chi connectivity index (χ4v) is 5.57. The zero-order valence-electron chi connectivity index (χ0n) is 10.9. The number of oxime groups is 1. The van der Waals surface area contributed by atoms with Crippen molar-refractivity contribution in [3.63, 3.8) is 0 Å². The molecule has 0 aromatic heterocycles. The van der Waals surface area contributed by atoms with E-state index in [9.17, 15) is 0 Å². The first-order valence-corrected chi connectivity index (χ1v) is 7.04. The smallest absolute Gasteiger partial charge is 0.145 e. The van der Waals surface area contributed by atoms with Crippen LogP contribution in [0.5, 0.6) is 0 Å². The molecule has 3 heteroatoms. The van der Waals surface area contributed by atoms with Crippen LogP contribution in [0.1, 0.15) is 46.0 Å². The van der Waals surface area contributed by atoms with E-state index in [1.54, 1.807) is 0 Å². The maximum absolute atomic E-state index is 9.03. The van der Waals surface area contributed by atoms with E-state index in [0.29, 0.717) is 5.84 Å². The lowest BCUT2D eigenvalue weighted by atomic mass is 9.44. The third kappa shape index (κ3) is 1.50. The van der Waals surface area contributed by atoms with Gasteiger partial charge in [0.15, 0.2) is 0 Å². The molecule has 0 spiro atoms. The Bertz CT molecular complexity index is 334. The summed E-state index contributed by atoms with van der Waals surface area (Å²) in [7, 11) is 0. The van der Waals surface area contributed by atoms with E-state index in [0.717, 1.165) is 29.6 Å². The van der Waals surface area contributed by atoms with Crippen LogP contribution in [0.25, 0.3) is 0 Å². The molecule has 0 heterocycles. The molecule has 0 radical (unpaired) electrons. The second-order valence-electron chi connectivity index (χ2n) is 7.06. The number of hydrogen-bond acceptors (Lipinski definition) is 2. The van der Waals surface area contributed by atoms with Gasteiger partial charge in [-0.2, -0.15) is 0 Å². The first-order valence-electron chi connectivity index (χ1n) is 7.04. The largest absolute Gasteiger partial charge is 0.409 e. The minimum absolute atomic E-state index is 0.0522. The predicted molar refractivity (Wildman–Crippen MR) is 67.7 cm³/mol. The van der Waals surface area contributed by atoms with Crippen LogP contribution in [-0.2, 0) is 0 Å². The summed E-state index contributed by atoms with van der Waals surface area (Å²) in [6, 6.07) is 0. The third-order valence-corrected chi connectivity index (χ3v) is 5.77. The van der Waals surface area contributed by atoms with Crippen molar-refractivity contribution < 1.29 is 5.21 Å². The molecule has 0 aromatic carbocycles.